The fraction of sp³-hybridized carbons (Fsp3) is 0.455. The van der Waals surface area contributed by atoms with Gasteiger partial charge in [0, 0.05) is 50.6 Å². The van der Waals surface area contributed by atoms with Crippen LogP contribution in [0.2, 0.25) is 0 Å². The molecule has 5 nitrogen and oxygen atoms in total. The van der Waals surface area contributed by atoms with Gasteiger partial charge in [-0.3, -0.25) is 4.57 Å². The molecular weight excluding hydrogens is 501 g/mol. The summed E-state index contributed by atoms with van der Waals surface area (Å²) < 4.78 is 22.7. The minimum Gasteiger partial charge on any atom is -0.378 e. The van der Waals surface area contributed by atoms with Gasteiger partial charge in [-0.2, -0.15) is 0 Å². The number of para-hydroxylation sites is 1. The topological polar surface area (TPSA) is 44.8 Å². The third-order valence-electron chi connectivity index (χ3n) is 8.12. The monoisotopic (exact) mass is 547 g/mol. The zero-order valence-electron chi connectivity index (χ0n) is 24.7. The molecule has 5 atom stereocenters. The molecule has 210 valence electrons. The highest BCUT2D eigenvalue weighted by molar-refractivity contribution is 7.67. The summed E-state index contributed by atoms with van der Waals surface area (Å²) in [5.41, 5.74) is 4.04. The second-order valence-corrected chi connectivity index (χ2v) is 14.3. The van der Waals surface area contributed by atoms with Crippen LogP contribution in [-0.2, 0) is 9.09 Å². The van der Waals surface area contributed by atoms with E-state index in [2.05, 4.69) is 60.2 Å². The molecular formula is C33H46N3O2P. The predicted octanol–water partition coefficient (Wildman–Crippen LogP) is 8.01. The molecule has 1 fully saturated rings. The molecule has 6 heteroatoms. The van der Waals surface area contributed by atoms with Crippen LogP contribution in [-0.4, -0.2) is 34.3 Å². The Kier molecular flexibility index (Phi) is 9.46. The second-order valence-electron chi connectivity index (χ2n) is 11.9. The molecule has 3 aromatic carbocycles. The fourth-order valence-corrected chi connectivity index (χ4v) is 8.31. The van der Waals surface area contributed by atoms with E-state index in [0.717, 1.165) is 40.8 Å². The Hall–Kier alpha value is -2.75. The van der Waals surface area contributed by atoms with Crippen molar-refractivity contribution in [3.8, 4) is 0 Å². The van der Waals surface area contributed by atoms with Crippen LogP contribution < -0.4 is 20.4 Å². The Labute approximate surface area is 236 Å². The third-order valence-corrected chi connectivity index (χ3v) is 10.8. The number of hydrogen-bond donors (Lipinski definition) is 1. The molecule has 0 saturated heterocycles. The summed E-state index contributed by atoms with van der Waals surface area (Å²) in [6.45, 7) is 6.84. The normalized spacial score (nSPS) is 21.7. The zero-order valence-corrected chi connectivity index (χ0v) is 25.6. The first-order valence-electron chi connectivity index (χ1n) is 14.2. The van der Waals surface area contributed by atoms with E-state index < -0.39 is 13.2 Å². The van der Waals surface area contributed by atoms with Crippen molar-refractivity contribution in [2.75, 3.05) is 43.3 Å². The van der Waals surface area contributed by atoms with E-state index in [0.29, 0.717) is 17.8 Å². The average Bonchev–Trinajstić information content (AvgIpc) is 2.92. The second kappa shape index (κ2) is 12.6. The van der Waals surface area contributed by atoms with Crippen molar-refractivity contribution in [2.45, 2.75) is 51.9 Å². The van der Waals surface area contributed by atoms with Crippen molar-refractivity contribution < 1.29 is 9.09 Å². The van der Waals surface area contributed by atoms with Crippen molar-refractivity contribution >= 4 is 29.7 Å². The lowest BCUT2D eigenvalue weighted by molar-refractivity contribution is 0.0489. The molecule has 0 aromatic heterocycles. The summed E-state index contributed by atoms with van der Waals surface area (Å²) in [5, 5.41) is 4.40. The van der Waals surface area contributed by atoms with Gasteiger partial charge in [-0.15, -0.1) is 0 Å². The standard InChI is InChI=1S/C33H46N3O2P/c1-24(2)31-22-13-25(3)23-32(31)38-39(37,30-20-18-29(19-21-30)36(6)7)33(34-27-11-9-8-10-12-27)26-14-16-28(17-15-26)35(4)5/h8-12,14-21,24-25,31-34H,13,22-23H2,1-7H3/t25-,31-,32+,33-,39+/m0/s1. The van der Waals surface area contributed by atoms with Gasteiger partial charge < -0.3 is 19.6 Å². The Morgan fingerprint density at radius 3 is 1.92 bits per heavy atom. The van der Waals surface area contributed by atoms with Crippen molar-refractivity contribution in [1.82, 2.24) is 0 Å². The van der Waals surface area contributed by atoms with Gasteiger partial charge in [0.05, 0.1) is 6.10 Å². The molecule has 0 aliphatic heterocycles. The number of hydrogen-bond acceptors (Lipinski definition) is 5. The minimum absolute atomic E-state index is 0.0609. The Morgan fingerprint density at radius 1 is 0.821 bits per heavy atom. The number of anilines is 3. The van der Waals surface area contributed by atoms with Crippen LogP contribution >= 0.6 is 7.37 Å². The van der Waals surface area contributed by atoms with Gasteiger partial charge in [0.15, 0.2) is 0 Å². The highest BCUT2D eigenvalue weighted by Crippen LogP contribution is 2.61. The molecule has 1 saturated carbocycles. The maximum atomic E-state index is 15.7. The first-order valence-corrected chi connectivity index (χ1v) is 15.9. The summed E-state index contributed by atoms with van der Waals surface area (Å²) in [5.74, 6) is 0.858. The van der Waals surface area contributed by atoms with Crippen molar-refractivity contribution in [3.63, 3.8) is 0 Å². The highest BCUT2D eigenvalue weighted by Gasteiger charge is 2.43. The first-order chi connectivity index (χ1) is 18.6. The molecule has 0 unspecified atom stereocenters. The number of nitrogens with one attached hydrogen (secondary N) is 1. The van der Waals surface area contributed by atoms with Gasteiger partial charge in [0.2, 0.25) is 0 Å². The Morgan fingerprint density at radius 2 is 1.38 bits per heavy atom. The number of benzene rings is 3. The molecule has 0 heterocycles. The Balaban J connectivity index is 1.85. The molecule has 0 spiro atoms. The largest absolute Gasteiger partial charge is 0.378 e. The number of rotatable bonds is 10. The van der Waals surface area contributed by atoms with Crippen LogP contribution in [0.5, 0.6) is 0 Å². The van der Waals surface area contributed by atoms with Crippen molar-refractivity contribution in [3.05, 3.63) is 84.4 Å². The maximum Gasteiger partial charge on any atom is 0.258 e. The molecule has 3 aromatic rings. The van der Waals surface area contributed by atoms with Crippen LogP contribution in [0.3, 0.4) is 0 Å². The Bertz CT molecular complexity index is 1230. The fourth-order valence-electron chi connectivity index (χ4n) is 5.68. The van der Waals surface area contributed by atoms with Crippen LogP contribution in [0.1, 0.15) is 51.4 Å². The maximum absolute atomic E-state index is 15.7. The zero-order chi connectivity index (χ0) is 28.2. The smallest absolute Gasteiger partial charge is 0.258 e. The number of nitrogens with zero attached hydrogens (tertiary/aromatic N) is 2. The van der Waals surface area contributed by atoms with E-state index in [4.69, 9.17) is 4.52 Å². The van der Waals surface area contributed by atoms with E-state index in [1.165, 1.54) is 6.42 Å². The molecule has 39 heavy (non-hydrogen) atoms. The lowest BCUT2D eigenvalue weighted by atomic mass is 9.75. The first kappa shape index (κ1) is 29.2. The predicted molar refractivity (Wildman–Crippen MR) is 168 cm³/mol. The molecule has 1 aliphatic carbocycles. The van der Waals surface area contributed by atoms with Crippen molar-refractivity contribution in [2.24, 2.45) is 17.8 Å². The van der Waals surface area contributed by atoms with Crippen molar-refractivity contribution in [1.29, 1.82) is 0 Å². The lowest BCUT2D eigenvalue weighted by Crippen LogP contribution is -2.35. The summed E-state index contributed by atoms with van der Waals surface area (Å²) in [4.78, 5) is 4.14. The van der Waals surface area contributed by atoms with Gasteiger partial charge >= 0.3 is 0 Å². The summed E-state index contributed by atoms with van der Waals surface area (Å²) >= 11 is 0. The van der Waals surface area contributed by atoms with Crippen LogP contribution in [0.25, 0.3) is 0 Å². The molecule has 1 aliphatic rings. The molecule has 1 N–H and O–H groups in total. The van der Waals surface area contributed by atoms with E-state index in [9.17, 15) is 0 Å². The minimum atomic E-state index is -3.47. The van der Waals surface area contributed by atoms with Crippen LogP contribution in [0, 0.1) is 17.8 Å². The lowest BCUT2D eigenvalue weighted by Gasteiger charge is -2.41. The quantitative estimate of drug-likeness (QED) is 0.261. The third kappa shape index (κ3) is 6.88. The molecule has 0 bridgehead atoms. The van der Waals surface area contributed by atoms with Crippen LogP contribution in [0.15, 0.2) is 78.9 Å². The van der Waals surface area contributed by atoms with Crippen LogP contribution in [0.4, 0.5) is 17.1 Å². The molecule has 0 amide bonds. The molecule has 4 rings (SSSR count). The van der Waals surface area contributed by atoms with E-state index >= 15 is 4.57 Å². The van der Waals surface area contributed by atoms with E-state index in [1.54, 1.807) is 0 Å². The van der Waals surface area contributed by atoms with E-state index in [-0.39, 0.29) is 6.10 Å². The van der Waals surface area contributed by atoms with Gasteiger partial charge in [-0.25, -0.2) is 0 Å². The average molecular weight is 548 g/mol. The highest BCUT2D eigenvalue weighted by atomic mass is 31.2. The SMILES string of the molecule is CC(C)[C@@H]1CC[C@H](C)C[C@H]1O[P@](=O)(c1ccc(N(C)C)cc1)[C@H](Nc1ccccc1)c1ccc(N(C)C)cc1. The van der Waals surface area contributed by atoms with E-state index in [1.807, 2.05) is 82.8 Å². The van der Waals surface area contributed by atoms with Gasteiger partial charge in [0.25, 0.3) is 7.37 Å². The summed E-state index contributed by atoms with van der Waals surface area (Å²) in [6, 6.07) is 26.5. The van der Waals surface area contributed by atoms with Gasteiger partial charge in [-0.1, -0.05) is 57.5 Å². The van der Waals surface area contributed by atoms with Gasteiger partial charge in [0.1, 0.15) is 5.78 Å². The van der Waals surface area contributed by atoms with Gasteiger partial charge in [-0.05, 0) is 84.7 Å². The molecule has 0 radical (unpaired) electrons. The summed E-state index contributed by atoms with van der Waals surface area (Å²) in [6.07, 6.45) is 3.18. The summed E-state index contributed by atoms with van der Waals surface area (Å²) in [7, 11) is 4.64.